The lowest BCUT2D eigenvalue weighted by molar-refractivity contribution is -0.122. The van der Waals surface area contributed by atoms with Crippen molar-refractivity contribution in [3.63, 3.8) is 0 Å². The van der Waals surface area contributed by atoms with Crippen molar-refractivity contribution >= 4 is 16.7 Å². The summed E-state index contributed by atoms with van der Waals surface area (Å²) in [5, 5.41) is 5.73. The molecule has 0 heterocycles. The van der Waals surface area contributed by atoms with Gasteiger partial charge in [0.25, 0.3) is 0 Å². The molecule has 0 aliphatic carbocycles. The first-order valence-electron chi connectivity index (χ1n) is 8.22. The zero-order chi connectivity index (χ0) is 16.1. The molecule has 0 radical (unpaired) electrons. The third kappa shape index (κ3) is 4.59. The molecule has 2 heteroatoms. The van der Waals surface area contributed by atoms with Crippen molar-refractivity contribution in [3.8, 4) is 0 Å². The van der Waals surface area contributed by atoms with Crippen molar-refractivity contribution in [2.24, 2.45) is 11.8 Å². The number of hydrogen-bond donors (Lipinski definition) is 1. The molecule has 0 fully saturated rings. The summed E-state index contributed by atoms with van der Waals surface area (Å²) in [6.07, 6.45) is 1.48. The lowest BCUT2D eigenvalue weighted by Crippen LogP contribution is -2.40. The SMILES string of the molecule is CC(C)CC(=O)N[C@@H](Cc1ccc2ccccc2c1)C(C)C. The molecule has 2 aromatic rings. The van der Waals surface area contributed by atoms with Crippen LogP contribution in [0.15, 0.2) is 42.5 Å². The summed E-state index contributed by atoms with van der Waals surface area (Å²) in [6.45, 7) is 8.49. The van der Waals surface area contributed by atoms with Crippen LogP contribution in [0, 0.1) is 11.8 Å². The van der Waals surface area contributed by atoms with Crippen LogP contribution >= 0.6 is 0 Å². The second-order valence-electron chi connectivity index (χ2n) is 6.90. The van der Waals surface area contributed by atoms with E-state index in [-0.39, 0.29) is 11.9 Å². The van der Waals surface area contributed by atoms with Crippen LogP contribution in [0.5, 0.6) is 0 Å². The summed E-state index contributed by atoms with van der Waals surface area (Å²) in [5.74, 6) is 0.977. The van der Waals surface area contributed by atoms with E-state index in [1.165, 1.54) is 16.3 Å². The maximum absolute atomic E-state index is 12.1. The van der Waals surface area contributed by atoms with Crippen molar-refractivity contribution in [3.05, 3.63) is 48.0 Å². The molecule has 0 aliphatic heterocycles. The minimum atomic E-state index is 0.162. The first-order chi connectivity index (χ1) is 10.5. The number of fused-ring (bicyclic) bond motifs is 1. The van der Waals surface area contributed by atoms with Crippen LogP contribution in [-0.2, 0) is 11.2 Å². The Labute approximate surface area is 133 Å². The summed E-state index contributed by atoms with van der Waals surface area (Å²) in [5.41, 5.74) is 1.28. The van der Waals surface area contributed by atoms with E-state index in [0.717, 1.165) is 6.42 Å². The number of carbonyl (C=O) groups excluding carboxylic acids is 1. The van der Waals surface area contributed by atoms with E-state index in [9.17, 15) is 4.79 Å². The third-order valence-corrected chi connectivity index (χ3v) is 4.01. The van der Waals surface area contributed by atoms with Gasteiger partial charge in [-0.05, 0) is 34.6 Å². The summed E-state index contributed by atoms with van der Waals surface area (Å²) in [6, 6.07) is 15.2. The molecule has 2 rings (SSSR count). The molecule has 22 heavy (non-hydrogen) atoms. The largest absolute Gasteiger partial charge is 0.353 e. The molecule has 1 atom stereocenters. The molecular formula is C20H27NO. The highest BCUT2D eigenvalue weighted by molar-refractivity contribution is 5.83. The molecule has 1 amide bonds. The van der Waals surface area contributed by atoms with Crippen LogP contribution in [0.1, 0.15) is 39.7 Å². The van der Waals surface area contributed by atoms with Gasteiger partial charge in [-0.1, -0.05) is 70.2 Å². The Morgan fingerprint density at radius 3 is 2.32 bits per heavy atom. The van der Waals surface area contributed by atoms with Gasteiger partial charge in [0.05, 0.1) is 0 Å². The topological polar surface area (TPSA) is 29.1 Å². The van der Waals surface area contributed by atoms with Gasteiger partial charge in [0.15, 0.2) is 0 Å². The van der Waals surface area contributed by atoms with E-state index in [2.05, 4.69) is 75.5 Å². The van der Waals surface area contributed by atoms with Crippen LogP contribution in [0.3, 0.4) is 0 Å². The molecule has 0 saturated carbocycles. The Morgan fingerprint density at radius 1 is 1.00 bits per heavy atom. The molecule has 0 spiro atoms. The van der Waals surface area contributed by atoms with Gasteiger partial charge in [-0.25, -0.2) is 0 Å². The second kappa shape index (κ2) is 7.44. The number of nitrogens with one attached hydrogen (secondary N) is 1. The van der Waals surface area contributed by atoms with Gasteiger partial charge in [0.1, 0.15) is 0 Å². The Balaban J connectivity index is 2.10. The predicted molar refractivity (Wildman–Crippen MR) is 93.9 cm³/mol. The van der Waals surface area contributed by atoms with Crippen LogP contribution in [0.2, 0.25) is 0 Å². The number of carbonyl (C=O) groups is 1. The predicted octanol–water partition coefficient (Wildman–Crippen LogP) is 4.57. The average molecular weight is 297 g/mol. The standard InChI is InChI=1S/C20H27NO/c1-14(2)11-20(22)21-19(15(3)4)13-16-9-10-17-7-5-6-8-18(17)12-16/h5-10,12,14-15,19H,11,13H2,1-4H3,(H,21,22)/t19-/m0/s1. The van der Waals surface area contributed by atoms with E-state index in [1.807, 2.05) is 0 Å². The van der Waals surface area contributed by atoms with Crippen molar-refractivity contribution in [2.75, 3.05) is 0 Å². The van der Waals surface area contributed by atoms with Gasteiger partial charge in [0.2, 0.25) is 5.91 Å². The van der Waals surface area contributed by atoms with Gasteiger partial charge < -0.3 is 5.32 Å². The molecule has 0 aromatic heterocycles. The van der Waals surface area contributed by atoms with Crippen LogP contribution in [0.25, 0.3) is 10.8 Å². The van der Waals surface area contributed by atoms with Gasteiger partial charge in [-0.3, -0.25) is 4.79 Å². The third-order valence-electron chi connectivity index (χ3n) is 4.01. The minimum Gasteiger partial charge on any atom is -0.353 e. The normalized spacial score (nSPS) is 12.8. The molecule has 0 aliphatic rings. The summed E-state index contributed by atoms with van der Waals surface area (Å²) in [4.78, 5) is 12.1. The fourth-order valence-corrected chi connectivity index (χ4v) is 2.71. The maximum atomic E-state index is 12.1. The fraction of sp³-hybridized carbons (Fsp3) is 0.450. The fourth-order valence-electron chi connectivity index (χ4n) is 2.71. The van der Waals surface area contributed by atoms with E-state index in [0.29, 0.717) is 18.3 Å². The average Bonchev–Trinajstić information content (AvgIpc) is 2.45. The lowest BCUT2D eigenvalue weighted by Gasteiger charge is -2.23. The minimum absolute atomic E-state index is 0.162. The van der Waals surface area contributed by atoms with Gasteiger partial charge in [-0.15, -0.1) is 0 Å². The molecule has 2 nitrogen and oxygen atoms in total. The zero-order valence-corrected chi connectivity index (χ0v) is 14.1. The first kappa shape index (κ1) is 16.5. The Kier molecular flexibility index (Phi) is 5.59. The monoisotopic (exact) mass is 297 g/mol. The van der Waals surface area contributed by atoms with E-state index in [1.54, 1.807) is 0 Å². The summed E-state index contributed by atoms with van der Waals surface area (Å²) in [7, 11) is 0. The van der Waals surface area contributed by atoms with E-state index in [4.69, 9.17) is 0 Å². The summed E-state index contributed by atoms with van der Waals surface area (Å²) >= 11 is 0. The highest BCUT2D eigenvalue weighted by Gasteiger charge is 2.17. The maximum Gasteiger partial charge on any atom is 0.220 e. The number of hydrogen-bond acceptors (Lipinski definition) is 1. The second-order valence-corrected chi connectivity index (χ2v) is 6.90. The van der Waals surface area contributed by atoms with Crippen molar-refractivity contribution in [1.29, 1.82) is 0 Å². The highest BCUT2D eigenvalue weighted by Crippen LogP contribution is 2.18. The Bertz CT molecular complexity index is 630. The van der Waals surface area contributed by atoms with Crippen molar-refractivity contribution in [2.45, 2.75) is 46.6 Å². The van der Waals surface area contributed by atoms with E-state index < -0.39 is 0 Å². The van der Waals surface area contributed by atoms with Gasteiger partial charge in [-0.2, -0.15) is 0 Å². The van der Waals surface area contributed by atoms with E-state index >= 15 is 0 Å². The van der Waals surface area contributed by atoms with Gasteiger partial charge in [0, 0.05) is 12.5 Å². The number of benzene rings is 2. The lowest BCUT2D eigenvalue weighted by atomic mass is 9.94. The Hall–Kier alpha value is -1.83. The zero-order valence-electron chi connectivity index (χ0n) is 14.1. The number of amides is 1. The quantitative estimate of drug-likeness (QED) is 0.831. The van der Waals surface area contributed by atoms with Crippen molar-refractivity contribution in [1.82, 2.24) is 5.32 Å². The highest BCUT2D eigenvalue weighted by atomic mass is 16.1. The molecule has 118 valence electrons. The van der Waals surface area contributed by atoms with Crippen LogP contribution < -0.4 is 5.32 Å². The van der Waals surface area contributed by atoms with Crippen LogP contribution in [-0.4, -0.2) is 11.9 Å². The Morgan fingerprint density at radius 2 is 1.68 bits per heavy atom. The molecule has 0 bridgehead atoms. The first-order valence-corrected chi connectivity index (χ1v) is 8.22. The molecule has 2 aromatic carbocycles. The summed E-state index contributed by atoms with van der Waals surface area (Å²) < 4.78 is 0. The molecule has 1 N–H and O–H groups in total. The molecular weight excluding hydrogens is 270 g/mol. The molecule has 0 saturated heterocycles. The molecule has 0 unspecified atom stereocenters. The van der Waals surface area contributed by atoms with Crippen LogP contribution in [0.4, 0.5) is 0 Å². The van der Waals surface area contributed by atoms with Crippen molar-refractivity contribution < 1.29 is 4.79 Å². The van der Waals surface area contributed by atoms with Gasteiger partial charge >= 0.3 is 0 Å². The smallest absolute Gasteiger partial charge is 0.220 e. The number of rotatable bonds is 6.